The van der Waals surface area contributed by atoms with Crippen LogP contribution in [0.3, 0.4) is 0 Å². The fourth-order valence-corrected chi connectivity index (χ4v) is 2.77. The van der Waals surface area contributed by atoms with Gasteiger partial charge >= 0.3 is 0 Å². The van der Waals surface area contributed by atoms with Gasteiger partial charge in [0, 0.05) is 43.6 Å². The number of phenolic OH excluding ortho intramolecular Hbond substituents is 1. The highest BCUT2D eigenvalue weighted by molar-refractivity contribution is 5.86. The van der Waals surface area contributed by atoms with Gasteiger partial charge in [0.05, 0.1) is 12.8 Å². The number of aromatic hydroxyl groups is 1. The first-order valence-electron chi connectivity index (χ1n) is 8.11. The van der Waals surface area contributed by atoms with Crippen LogP contribution in [-0.4, -0.2) is 56.6 Å². The van der Waals surface area contributed by atoms with E-state index in [4.69, 9.17) is 4.74 Å². The molecule has 1 heterocycles. The number of hydrogen-bond acceptors (Lipinski definition) is 5. The van der Waals surface area contributed by atoms with Crippen molar-refractivity contribution in [2.75, 3.05) is 45.2 Å². The third kappa shape index (κ3) is 3.68. The molecule has 0 bridgehead atoms. The lowest BCUT2D eigenvalue weighted by Crippen LogP contribution is -2.44. The fraction of sp³-hybridized carbons (Fsp3) is 0.316. The van der Waals surface area contributed by atoms with E-state index in [0.29, 0.717) is 11.3 Å². The molecule has 24 heavy (non-hydrogen) atoms. The predicted molar refractivity (Wildman–Crippen MR) is 98.1 cm³/mol. The van der Waals surface area contributed by atoms with Crippen LogP contribution < -0.4 is 9.64 Å². The zero-order valence-corrected chi connectivity index (χ0v) is 14.1. The summed E-state index contributed by atoms with van der Waals surface area (Å²) in [5, 5.41) is 10.1. The summed E-state index contributed by atoms with van der Waals surface area (Å²) < 4.78 is 5.11. The van der Waals surface area contributed by atoms with Crippen molar-refractivity contribution in [2.24, 2.45) is 4.99 Å². The van der Waals surface area contributed by atoms with Crippen LogP contribution in [0.15, 0.2) is 47.5 Å². The Morgan fingerprint density at radius 1 is 1.04 bits per heavy atom. The number of hydrogen-bond donors (Lipinski definition) is 1. The molecule has 126 valence electrons. The number of aliphatic imine (C=N–C) groups is 1. The summed E-state index contributed by atoms with van der Waals surface area (Å²) in [6.07, 6.45) is 1.66. The van der Waals surface area contributed by atoms with Crippen LogP contribution in [0.4, 0.5) is 11.4 Å². The lowest BCUT2D eigenvalue weighted by atomic mass is 10.2. The maximum atomic E-state index is 10.1. The monoisotopic (exact) mass is 325 g/mol. The van der Waals surface area contributed by atoms with Gasteiger partial charge in [-0.1, -0.05) is 6.07 Å². The molecule has 0 aromatic heterocycles. The molecule has 3 rings (SSSR count). The molecule has 1 aliphatic rings. The van der Waals surface area contributed by atoms with Gasteiger partial charge in [-0.2, -0.15) is 0 Å². The van der Waals surface area contributed by atoms with Crippen LogP contribution in [-0.2, 0) is 0 Å². The Labute approximate surface area is 142 Å². The van der Waals surface area contributed by atoms with E-state index in [1.54, 1.807) is 18.3 Å². The molecule has 2 aromatic rings. The normalized spacial score (nSPS) is 15.8. The van der Waals surface area contributed by atoms with Gasteiger partial charge in [0.15, 0.2) is 11.5 Å². The Balaban J connectivity index is 1.70. The minimum Gasteiger partial charge on any atom is -0.504 e. The van der Waals surface area contributed by atoms with Crippen molar-refractivity contribution in [1.29, 1.82) is 0 Å². The molecule has 0 unspecified atom stereocenters. The van der Waals surface area contributed by atoms with Gasteiger partial charge in [0.2, 0.25) is 0 Å². The Morgan fingerprint density at radius 3 is 2.42 bits per heavy atom. The molecule has 0 aliphatic carbocycles. The summed E-state index contributed by atoms with van der Waals surface area (Å²) >= 11 is 0. The highest BCUT2D eigenvalue weighted by atomic mass is 16.5. The number of likely N-dealkylation sites (N-methyl/N-ethyl adjacent to an activating group) is 1. The minimum absolute atomic E-state index is 0.109. The van der Waals surface area contributed by atoms with Gasteiger partial charge in [-0.3, -0.25) is 4.99 Å². The second-order valence-electron chi connectivity index (χ2n) is 5.96. The van der Waals surface area contributed by atoms with Crippen LogP contribution in [0.5, 0.6) is 11.5 Å². The third-order valence-electron chi connectivity index (χ3n) is 4.32. The molecule has 1 fully saturated rings. The number of rotatable bonds is 4. The number of anilines is 1. The molecule has 5 heteroatoms. The molecule has 1 aliphatic heterocycles. The van der Waals surface area contributed by atoms with Crippen molar-refractivity contribution in [3.8, 4) is 11.5 Å². The van der Waals surface area contributed by atoms with E-state index in [1.807, 2.05) is 18.2 Å². The van der Waals surface area contributed by atoms with Gasteiger partial charge in [0.1, 0.15) is 0 Å². The van der Waals surface area contributed by atoms with Crippen molar-refractivity contribution in [3.63, 3.8) is 0 Å². The second kappa shape index (κ2) is 7.36. The summed E-state index contributed by atoms with van der Waals surface area (Å²) in [4.78, 5) is 9.18. The lowest BCUT2D eigenvalue weighted by Gasteiger charge is -2.34. The molecule has 0 atom stereocenters. The molecule has 0 saturated carbocycles. The predicted octanol–water partition coefficient (Wildman–Crippen LogP) is 2.90. The molecule has 5 nitrogen and oxygen atoms in total. The van der Waals surface area contributed by atoms with Gasteiger partial charge in [-0.05, 0) is 43.4 Å². The van der Waals surface area contributed by atoms with Gasteiger partial charge in [-0.15, -0.1) is 0 Å². The van der Waals surface area contributed by atoms with E-state index in [1.165, 1.54) is 12.8 Å². The Morgan fingerprint density at radius 2 is 1.75 bits per heavy atom. The van der Waals surface area contributed by atoms with E-state index in [0.717, 1.165) is 31.9 Å². The Kier molecular flexibility index (Phi) is 5.01. The van der Waals surface area contributed by atoms with E-state index >= 15 is 0 Å². The maximum absolute atomic E-state index is 10.1. The largest absolute Gasteiger partial charge is 0.504 e. The van der Waals surface area contributed by atoms with Crippen LogP contribution in [0.2, 0.25) is 0 Å². The molecule has 0 spiro atoms. The third-order valence-corrected chi connectivity index (χ3v) is 4.32. The number of ether oxygens (including phenoxy) is 1. The number of piperazine rings is 1. The molecule has 1 saturated heterocycles. The molecule has 0 radical (unpaired) electrons. The summed E-state index contributed by atoms with van der Waals surface area (Å²) in [5.74, 6) is 0.558. The van der Waals surface area contributed by atoms with Crippen molar-refractivity contribution in [2.45, 2.75) is 0 Å². The minimum atomic E-state index is 0.109. The zero-order valence-electron chi connectivity index (χ0n) is 14.1. The van der Waals surface area contributed by atoms with Crippen LogP contribution in [0, 0.1) is 0 Å². The average Bonchev–Trinajstić information content (AvgIpc) is 2.62. The highest BCUT2D eigenvalue weighted by Gasteiger charge is 2.13. The van der Waals surface area contributed by atoms with Crippen LogP contribution in [0.1, 0.15) is 5.56 Å². The second-order valence-corrected chi connectivity index (χ2v) is 5.96. The molecular weight excluding hydrogens is 302 g/mol. The zero-order chi connectivity index (χ0) is 16.9. The molecule has 0 amide bonds. The first kappa shape index (κ1) is 16.3. The average molecular weight is 325 g/mol. The molecule has 1 N–H and O–H groups in total. The van der Waals surface area contributed by atoms with E-state index < -0.39 is 0 Å². The topological polar surface area (TPSA) is 48.3 Å². The van der Waals surface area contributed by atoms with Crippen LogP contribution in [0.25, 0.3) is 0 Å². The van der Waals surface area contributed by atoms with Crippen molar-refractivity contribution in [3.05, 3.63) is 48.0 Å². The summed E-state index contributed by atoms with van der Waals surface area (Å²) in [5.41, 5.74) is 2.72. The molecule has 2 aromatic carbocycles. The number of benzene rings is 2. The van der Waals surface area contributed by atoms with Gasteiger partial charge < -0.3 is 19.6 Å². The number of phenols is 1. The van der Waals surface area contributed by atoms with E-state index in [-0.39, 0.29) is 5.75 Å². The SMILES string of the molecule is COc1cccc(C=Nc2ccc(N3CCN(C)CC3)cc2)c1O. The summed E-state index contributed by atoms with van der Waals surface area (Å²) in [6.45, 7) is 4.29. The Bertz CT molecular complexity index is 705. The van der Waals surface area contributed by atoms with Gasteiger partial charge in [-0.25, -0.2) is 0 Å². The quantitative estimate of drug-likeness (QED) is 0.878. The smallest absolute Gasteiger partial charge is 0.166 e. The Hall–Kier alpha value is -2.53. The van der Waals surface area contributed by atoms with Crippen molar-refractivity contribution < 1.29 is 9.84 Å². The van der Waals surface area contributed by atoms with Crippen LogP contribution >= 0.6 is 0 Å². The maximum Gasteiger partial charge on any atom is 0.166 e. The van der Waals surface area contributed by atoms with Crippen molar-refractivity contribution >= 4 is 17.6 Å². The number of methoxy groups -OCH3 is 1. The number of nitrogens with zero attached hydrogens (tertiary/aromatic N) is 3. The first-order chi connectivity index (χ1) is 11.7. The standard InChI is InChI=1S/C19H23N3O2/c1-21-10-12-22(13-11-21)17-8-6-16(7-9-17)20-14-15-4-3-5-18(24-2)19(15)23/h3-9,14,23H,10-13H2,1-2H3. The van der Waals surface area contributed by atoms with Crippen molar-refractivity contribution in [1.82, 2.24) is 4.90 Å². The lowest BCUT2D eigenvalue weighted by molar-refractivity contribution is 0.313. The highest BCUT2D eigenvalue weighted by Crippen LogP contribution is 2.28. The number of para-hydroxylation sites is 1. The van der Waals surface area contributed by atoms with Gasteiger partial charge in [0.25, 0.3) is 0 Å². The first-order valence-corrected chi connectivity index (χ1v) is 8.11. The summed E-state index contributed by atoms with van der Waals surface area (Å²) in [6, 6.07) is 13.6. The molecular formula is C19H23N3O2. The summed E-state index contributed by atoms with van der Waals surface area (Å²) in [7, 11) is 3.69. The van der Waals surface area contributed by atoms with E-state index in [2.05, 4.69) is 34.0 Å². The fourth-order valence-electron chi connectivity index (χ4n) is 2.77. The van der Waals surface area contributed by atoms with E-state index in [9.17, 15) is 5.11 Å².